The van der Waals surface area contributed by atoms with E-state index in [9.17, 15) is 9.59 Å². The Balaban J connectivity index is 2.16. The summed E-state index contributed by atoms with van der Waals surface area (Å²) >= 11 is 0. The molecular weight excluding hydrogens is 306 g/mol. The first-order valence-electron chi connectivity index (χ1n) is 8.39. The first-order valence-corrected chi connectivity index (χ1v) is 8.39. The molecule has 1 amide bonds. The first-order chi connectivity index (χ1) is 11.2. The largest absolute Gasteiger partial charge is 0.444 e. The zero-order valence-electron chi connectivity index (χ0n) is 15.1. The zero-order valence-corrected chi connectivity index (χ0v) is 15.1. The van der Waals surface area contributed by atoms with E-state index in [1.54, 1.807) is 0 Å². The molecule has 0 bridgehead atoms. The molecule has 1 saturated heterocycles. The molecule has 0 spiro atoms. The number of rotatable bonds is 4. The Morgan fingerprint density at radius 2 is 1.88 bits per heavy atom. The van der Waals surface area contributed by atoms with E-state index >= 15 is 0 Å². The van der Waals surface area contributed by atoms with Crippen molar-refractivity contribution in [1.29, 1.82) is 0 Å². The molecule has 2 atom stereocenters. The van der Waals surface area contributed by atoms with Gasteiger partial charge >= 0.3 is 12.1 Å². The number of hydrogen-bond acceptors (Lipinski definition) is 4. The van der Waals surface area contributed by atoms with Crippen LogP contribution in [0.15, 0.2) is 30.3 Å². The van der Waals surface area contributed by atoms with Crippen LogP contribution in [0.1, 0.15) is 46.6 Å². The van der Waals surface area contributed by atoms with Crippen LogP contribution in [0.5, 0.6) is 0 Å². The summed E-state index contributed by atoms with van der Waals surface area (Å²) in [5.74, 6) is -0.0778. The van der Waals surface area contributed by atoms with Crippen molar-refractivity contribution in [1.82, 2.24) is 4.90 Å². The summed E-state index contributed by atoms with van der Waals surface area (Å²) in [5, 5.41) is 0. The highest BCUT2D eigenvalue weighted by atomic mass is 16.6. The minimum Gasteiger partial charge on any atom is -0.444 e. The van der Waals surface area contributed by atoms with Crippen LogP contribution in [-0.4, -0.2) is 29.2 Å². The van der Waals surface area contributed by atoms with Crippen LogP contribution in [0.2, 0.25) is 0 Å². The van der Waals surface area contributed by atoms with Crippen molar-refractivity contribution in [2.24, 2.45) is 11.3 Å². The van der Waals surface area contributed by atoms with Gasteiger partial charge < -0.3 is 9.47 Å². The number of benzene rings is 1. The van der Waals surface area contributed by atoms with Gasteiger partial charge in [0.25, 0.3) is 0 Å². The number of carbonyl (C=O) groups excluding carboxylic acids is 2. The molecule has 1 aliphatic heterocycles. The van der Waals surface area contributed by atoms with Gasteiger partial charge in [0.2, 0.25) is 0 Å². The third-order valence-corrected chi connectivity index (χ3v) is 3.94. The summed E-state index contributed by atoms with van der Waals surface area (Å²) in [4.78, 5) is 26.4. The molecule has 2 rings (SSSR count). The van der Waals surface area contributed by atoms with E-state index in [1.807, 2.05) is 65.0 Å². The Morgan fingerprint density at radius 1 is 1.25 bits per heavy atom. The van der Waals surface area contributed by atoms with Crippen LogP contribution in [0.3, 0.4) is 0 Å². The van der Waals surface area contributed by atoms with E-state index in [1.165, 1.54) is 4.90 Å². The Labute approximate surface area is 143 Å². The highest BCUT2D eigenvalue weighted by Gasteiger charge is 2.50. The van der Waals surface area contributed by atoms with Gasteiger partial charge in [-0.05, 0) is 17.9 Å². The van der Waals surface area contributed by atoms with Crippen molar-refractivity contribution < 1.29 is 19.1 Å². The predicted molar refractivity (Wildman–Crippen MR) is 91.0 cm³/mol. The van der Waals surface area contributed by atoms with E-state index in [0.717, 1.165) is 5.56 Å². The maximum absolute atomic E-state index is 12.7. The lowest BCUT2D eigenvalue weighted by Crippen LogP contribution is -2.48. The van der Waals surface area contributed by atoms with Gasteiger partial charge in [-0.1, -0.05) is 65.0 Å². The Hall–Kier alpha value is -2.04. The number of esters is 1. The van der Waals surface area contributed by atoms with Gasteiger partial charge in [-0.25, -0.2) is 9.59 Å². The lowest BCUT2D eigenvalue weighted by Gasteiger charge is -2.33. The van der Waals surface area contributed by atoms with Crippen molar-refractivity contribution in [2.75, 3.05) is 0 Å². The van der Waals surface area contributed by atoms with Crippen LogP contribution < -0.4 is 0 Å². The second-order valence-electron chi connectivity index (χ2n) is 7.75. The molecule has 1 heterocycles. The summed E-state index contributed by atoms with van der Waals surface area (Å²) in [6.07, 6.45) is -0.557. The fourth-order valence-corrected chi connectivity index (χ4v) is 2.79. The molecule has 0 saturated carbocycles. The van der Waals surface area contributed by atoms with Crippen LogP contribution >= 0.6 is 0 Å². The highest BCUT2D eigenvalue weighted by molar-refractivity contribution is 5.84. The standard InChI is InChI=1S/C19H27NO4/c1-13(2)11-15-16(21)24-17(19(3,4)5)20(15)18(22)23-12-14-9-7-6-8-10-14/h6-10,13,15,17H,11-12H2,1-5H3/t15-,17-/m0/s1. The van der Waals surface area contributed by atoms with E-state index < -0.39 is 18.4 Å². The maximum Gasteiger partial charge on any atom is 0.413 e. The normalized spacial score (nSPS) is 21.1. The molecule has 0 N–H and O–H groups in total. The molecule has 1 aliphatic rings. The molecule has 0 radical (unpaired) electrons. The number of hydrogen-bond donors (Lipinski definition) is 0. The van der Waals surface area contributed by atoms with Gasteiger partial charge in [-0.15, -0.1) is 0 Å². The molecule has 1 aromatic carbocycles. The Morgan fingerprint density at radius 3 is 2.42 bits per heavy atom. The minimum absolute atomic E-state index is 0.176. The van der Waals surface area contributed by atoms with Crippen molar-refractivity contribution in [2.45, 2.75) is 59.9 Å². The van der Waals surface area contributed by atoms with E-state index in [0.29, 0.717) is 6.42 Å². The van der Waals surface area contributed by atoms with E-state index in [4.69, 9.17) is 9.47 Å². The van der Waals surface area contributed by atoms with Crippen LogP contribution in [0.25, 0.3) is 0 Å². The van der Waals surface area contributed by atoms with Gasteiger partial charge in [0.15, 0.2) is 6.23 Å². The molecule has 1 aromatic rings. The van der Waals surface area contributed by atoms with Crippen molar-refractivity contribution >= 4 is 12.1 Å². The number of nitrogens with zero attached hydrogens (tertiary/aromatic N) is 1. The fourth-order valence-electron chi connectivity index (χ4n) is 2.79. The van der Waals surface area contributed by atoms with Crippen molar-refractivity contribution in [3.63, 3.8) is 0 Å². The maximum atomic E-state index is 12.7. The summed E-state index contributed by atoms with van der Waals surface area (Å²) in [5.41, 5.74) is 0.526. The van der Waals surface area contributed by atoms with Gasteiger partial charge in [0.1, 0.15) is 12.6 Å². The van der Waals surface area contributed by atoms with E-state index in [2.05, 4.69) is 0 Å². The second kappa shape index (κ2) is 7.24. The summed E-state index contributed by atoms with van der Waals surface area (Å²) < 4.78 is 11.0. The van der Waals surface area contributed by atoms with Crippen LogP contribution in [0, 0.1) is 11.3 Å². The molecule has 132 valence electrons. The summed E-state index contributed by atoms with van der Waals surface area (Å²) in [6, 6.07) is 8.90. The number of carbonyl (C=O) groups is 2. The third kappa shape index (κ3) is 4.28. The van der Waals surface area contributed by atoms with Gasteiger partial charge in [0, 0.05) is 5.41 Å². The average molecular weight is 333 g/mol. The van der Waals surface area contributed by atoms with Crippen molar-refractivity contribution in [3.8, 4) is 0 Å². The lowest BCUT2D eigenvalue weighted by molar-refractivity contribution is -0.147. The quantitative estimate of drug-likeness (QED) is 0.782. The Kier molecular flexibility index (Phi) is 5.52. The van der Waals surface area contributed by atoms with Gasteiger partial charge in [-0.3, -0.25) is 4.90 Å². The number of cyclic esters (lactones) is 1. The zero-order chi connectivity index (χ0) is 17.9. The average Bonchev–Trinajstić information content (AvgIpc) is 2.82. The SMILES string of the molecule is CC(C)C[C@H]1C(=O)O[C@@H](C(C)(C)C)N1C(=O)OCc1ccccc1. The minimum atomic E-state index is -0.614. The molecule has 0 aliphatic carbocycles. The molecule has 5 heteroatoms. The highest BCUT2D eigenvalue weighted by Crippen LogP contribution is 2.35. The molecule has 0 unspecified atom stereocenters. The first kappa shape index (κ1) is 18.3. The molecule has 5 nitrogen and oxygen atoms in total. The second-order valence-corrected chi connectivity index (χ2v) is 7.75. The summed E-state index contributed by atoms with van der Waals surface area (Å²) in [6.45, 7) is 10.0. The lowest BCUT2D eigenvalue weighted by atomic mass is 9.92. The monoisotopic (exact) mass is 333 g/mol. The van der Waals surface area contributed by atoms with Crippen LogP contribution in [-0.2, 0) is 20.9 Å². The predicted octanol–water partition coefficient (Wildman–Crippen LogP) is 3.97. The Bertz CT molecular complexity index is 577. The smallest absolute Gasteiger partial charge is 0.413 e. The number of ether oxygens (including phenoxy) is 2. The molecule has 1 fully saturated rings. The molecule has 24 heavy (non-hydrogen) atoms. The van der Waals surface area contributed by atoms with Gasteiger partial charge in [0.05, 0.1) is 0 Å². The summed E-state index contributed by atoms with van der Waals surface area (Å²) in [7, 11) is 0. The topological polar surface area (TPSA) is 55.8 Å². The van der Waals surface area contributed by atoms with Crippen LogP contribution in [0.4, 0.5) is 4.79 Å². The van der Waals surface area contributed by atoms with Crippen molar-refractivity contribution in [3.05, 3.63) is 35.9 Å². The van der Waals surface area contributed by atoms with Gasteiger partial charge in [-0.2, -0.15) is 0 Å². The third-order valence-electron chi connectivity index (χ3n) is 3.94. The number of amides is 1. The van der Waals surface area contributed by atoms with E-state index in [-0.39, 0.29) is 23.9 Å². The molecular formula is C19H27NO4. The molecule has 0 aromatic heterocycles. The fraction of sp³-hybridized carbons (Fsp3) is 0.579.